The molecule has 0 aliphatic heterocycles. The van der Waals surface area contributed by atoms with Crippen molar-refractivity contribution in [2.75, 3.05) is 13.7 Å². The third kappa shape index (κ3) is 4.75. The molecule has 3 rings (SSSR count). The third-order valence-corrected chi connectivity index (χ3v) is 5.62. The van der Waals surface area contributed by atoms with Crippen molar-refractivity contribution in [3.05, 3.63) is 63.8 Å². The smallest absolute Gasteiger partial charge is 0.251 e. The summed E-state index contributed by atoms with van der Waals surface area (Å²) in [6.45, 7) is 6.45. The van der Waals surface area contributed by atoms with Crippen molar-refractivity contribution in [1.82, 2.24) is 10.3 Å². The minimum Gasteiger partial charge on any atom is -0.493 e. The first-order valence-electron chi connectivity index (χ1n) is 8.32. The van der Waals surface area contributed by atoms with Gasteiger partial charge in [-0.1, -0.05) is 12.7 Å². The van der Waals surface area contributed by atoms with Gasteiger partial charge in [-0.3, -0.25) is 4.79 Å². The fraction of sp³-hybridized carbons (Fsp3) is 0.200. The Morgan fingerprint density at radius 2 is 2.15 bits per heavy atom. The van der Waals surface area contributed by atoms with Gasteiger partial charge in [0.05, 0.1) is 29.2 Å². The standard InChI is InChI=1S/C20H20N2O3S2/c1-4-9-25-17-7-5-14(10-18(17)24-3)20(23)21-11-15-6-8-19(27-15)16-12-26-13(2)22-16/h4-8,10,12H,1,9,11H2,2-3H3,(H,21,23). The normalized spacial score (nSPS) is 10.4. The number of thiazole rings is 1. The van der Waals surface area contributed by atoms with Gasteiger partial charge in [-0.25, -0.2) is 4.98 Å². The van der Waals surface area contributed by atoms with E-state index in [-0.39, 0.29) is 5.91 Å². The summed E-state index contributed by atoms with van der Waals surface area (Å²) in [5.74, 6) is 0.931. The number of ether oxygens (including phenoxy) is 2. The summed E-state index contributed by atoms with van der Waals surface area (Å²) >= 11 is 3.26. The van der Waals surface area contributed by atoms with Crippen LogP contribution in [-0.2, 0) is 6.54 Å². The van der Waals surface area contributed by atoms with Crippen molar-refractivity contribution >= 4 is 28.6 Å². The molecule has 7 heteroatoms. The van der Waals surface area contributed by atoms with Crippen LogP contribution in [0.25, 0.3) is 10.6 Å². The van der Waals surface area contributed by atoms with Gasteiger partial charge in [0.2, 0.25) is 0 Å². The third-order valence-electron chi connectivity index (χ3n) is 3.74. The summed E-state index contributed by atoms with van der Waals surface area (Å²) < 4.78 is 10.8. The number of rotatable bonds is 8. The van der Waals surface area contributed by atoms with E-state index in [0.29, 0.717) is 30.2 Å². The number of benzene rings is 1. The molecule has 5 nitrogen and oxygen atoms in total. The van der Waals surface area contributed by atoms with Crippen LogP contribution in [0.1, 0.15) is 20.2 Å². The number of methoxy groups -OCH3 is 1. The Kier molecular flexibility index (Phi) is 6.26. The number of nitrogens with one attached hydrogen (secondary N) is 1. The molecule has 0 bridgehead atoms. The molecule has 1 aromatic carbocycles. The molecule has 0 saturated carbocycles. The van der Waals surface area contributed by atoms with E-state index in [1.807, 2.05) is 24.4 Å². The van der Waals surface area contributed by atoms with E-state index in [1.165, 1.54) is 0 Å². The number of carbonyl (C=O) groups excluding carboxylic acids is 1. The van der Waals surface area contributed by atoms with Crippen LogP contribution in [0.2, 0.25) is 0 Å². The maximum absolute atomic E-state index is 12.5. The van der Waals surface area contributed by atoms with Crippen LogP contribution < -0.4 is 14.8 Å². The van der Waals surface area contributed by atoms with E-state index in [4.69, 9.17) is 9.47 Å². The molecule has 0 spiro atoms. The molecule has 27 heavy (non-hydrogen) atoms. The van der Waals surface area contributed by atoms with Gasteiger partial charge in [-0.2, -0.15) is 0 Å². The van der Waals surface area contributed by atoms with Crippen LogP contribution in [0.3, 0.4) is 0 Å². The van der Waals surface area contributed by atoms with Gasteiger partial charge >= 0.3 is 0 Å². The van der Waals surface area contributed by atoms with Crippen molar-refractivity contribution in [2.24, 2.45) is 0 Å². The molecule has 2 aromatic heterocycles. The second-order valence-corrected chi connectivity index (χ2v) is 7.90. The van der Waals surface area contributed by atoms with Crippen LogP contribution >= 0.6 is 22.7 Å². The average Bonchev–Trinajstić information content (AvgIpc) is 3.33. The van der Waals surface area contributed by atoms with E-state index in [9.17, 15) is 4.79 Å². The fourth-order valence-electron chi connectivity index (χ4n) is 2.43. The van der Waals surface area contributed by atoms with Gasteiger partial charge < -0.3 is 14.8 Å². The Bertz CT molecular complexity index is 946. The molecule has 0 unspecified atom stereocenters. The predicted octanol–water partition coefficient (Wildman–Crippen LogP) is 4.68. The summed E-state index contributed by atoms with van der Waals surface area (Å²) in [6.07, 6.45) is 1.66. The minimum absolute atomic E-state index is 0.164. The second-order valence-electron chi connectivity index (χ2n) is 5.67. The molecular formula is C20H20N2O3S2. The first-order valence-corrected chi connectivity index (χ1v) is 10.0. The van der Waals surface area contributed by atoms with Crippen molar-refractivity contribution in [3.8, 4) is 22.1 Å². The number of aryl methyl sites for hydroxylation is 1. The van der Waals surface area contributed by atoms with E-state index in [1.54, 1.807) is 54.1 Å². The molecule has 0 aliphatic carbocycles. The highest BCUT2D eigenvalue weighted by molar-refractivity contribution is 7.16. The van der Waals surface area contributed by atoms with Gasteiger partial charge in [0.25, 0.3) is 5.91 Å². The maximum Gasteiger partial charge on any atom is 0.251 e. The zero-order valence-corrected chi connectivity index (χ0v) is 16.8. The number of amides is 1. The molecular weight excluding hydrogens is 380 g/mol. The van der Waals surface area contributed by atoms with Crippen LogP contribution in [0.4, 0.5) is 0 Å². The van der Waals surface area contributed by atoms with Gasteiger partial charge in [0.1, 0.15) is 6.61 Å². The zero-order chi connectivity index (χ0) is 19.2. The van der Waals surface area contributed by atoms with Crippen LogP contribution in [0, 0.1) is 6.92 Å². The largest absolute Gasteiger partial charge is 0.493 e. The van der Waals surface area contributed by atoms with E-state index in [2.05, 4.69) is 16.9 Å². The lowest BCUT2D eigenvalue weighted by atomic mass is 10.2. The number of carbonyl (C=O) groups is 1. The summed E-state index contributed by atoms with van der Waals surface area (Å²) in [5, 5.41) is 6.03. The topological polar surface area (TPSA) is 60.5 Å². The number of nitrogens with zero attached hydrogens (tertiary/aromatic N) is 1. The molecule has 1 N–H and O–H groups in total. The molecule has 0 saturated heterocycles. The van der Waals surface area contributed by atoms with Gasteiger partial charge in [-0.15, -0.1) is 22.7 Å². The highest BCUT2D eigenvalue weighted by Gasteiger charge is 2.12. The molecule has 0 fully saturated rings. The lowest BCUT2D eigenvalue weighted by Crippen LogP contribution is -2.22. The average molecular weight is 401 g/mol. The molecule has 0 radical (unpaired) electrons. The Morgan fingerprint density at radius 3 is 2.85 bits per heavy atom. The molecule has 2 heterocycles. The lowest BCUT2D eigenvalue weighted by molar-refractivity contribution is 0.0951. The minimum atomic E-state index is -0.164. The first-order chi connectivity index (χ1) is 13.1. The number of aromatic nitrogens is 1. The molecule has 0 atom stereocenters. The Labute approximate surface area is 166 Å². The summed E-state index contributed by atoms with van der Waals surface area (Å²) in [6, 6.07) is 9.17. The maximum atomic E-state index is 12.5. The Hall–Kier alpha value is -2.64. The number of hydrogen-bond acceptors (Lipinski definition) is 6. The van der Waals surface area contributed by atoms with Crippen molar-refractivity contribution in [1.29, 1.82) is 0 Å². The molecule has 0 aliphatic rings. The first kappa shape index (κ1) is 19.1. The summed E-state index contributed by atoms with van der Waals surface area (Å²) in [5.41, 5.74) is 1.50. The fourth-order valence-corrected chi connectivity index (χ4v) is 4.03. The second kappa shape index (κ2) is 8.83. The molecule has 140 valence electrons. The predicted molar refractivity (Wildman–Crippen MR) is 110 cm³/mol. The monoisotopic (exact) mass is 400 g/mol. The highest BCUT2D eigenvalue weighted by Crippen LogP contribution is 2.30. The Morgan fingerprint density at radius 1 is 1.30 bits per heavy atom. The summed E-state index contributed by atoms with van der Waals surface area (Å²) in [7, 11) is 1.55. The van der Waals surface area contributed by atoms with Crippen LogP contribution in [0.5, 0.6) is 11.5 Å². The quantitative estimate of drug-likeness (QED) is 0.558. The van der Waals surface area contributed by atoms with Crippen molar-refractivity contribution < 1.29 is 14.3 Å². The molecule has 3 aromatic rings. The zero-order valence-electron chi connectivity index (χ0n) is 15.2. The number of hydrogen-bond donors (Lipinski definition) is 1. The van der Waals surface area contributed by atoms with Gasteiger partial charge in [0.15, 0.2) is 11.5 Å². The van der Waals surface area contributed by atoms with Crippen molar-refractivity contribution in [2.45, 2.75) is 13.5 Å². The SMILES string of the molecule is C=CCOc1ccc(C(=O)NCc2ccc(-c3csc(C)n3)s2)cc1OC. The van der Waals surface area contributed by atoms with E-state index in [0.717, 1.165) is 20.5 Å². The van der Waals surface area contributed by atoms with Crippen LogP contribution in [0.15, 0.2) is 48.4 Å². The highest BCUT2D eigenvalue weighted by atomic mass is 32.1. The van der Waals surface area contributed by atoms with Crippen molar-refractivity contribution in [3.63, 3.8) is 0 Å². The summed E-state index contributed by atoms with van der Waals surface area (Å²) in [4.78, 5) is 19.1. The number of thiophene rings is 1. The molecule has 1 amide bonds. The lowest BCUT2D eigenvalue weighted by Gasteiger charge is -2.11. The van der Waals surface area contributed by atoms with E-state index < -0.39 is 0 Å². The van der Waals surface area contributed by atoms with E-state index >= 15 is 0 Å². The van der Waals surface area contributed by atoms with Gasteiger partial charge in [-0.05, 0) is 37.3 Å². The van der Waals surface area contributed by atoms with Crippen LogP contribution in [-0.4, -0.2) is 24.6 Å². The van der Waals surface area contributed by atoms with Gasteiger partial charge in [0, 0.05) is 15.8 Å². The Balaban J connectivity index is 1.64.